The first-order valence-corrected chi connectivity index (χ1v) is 7.71. The second kappa shape index (κ2) is 8.71. The Bertz CT molecular complexity index is 643. The van der Waals surface area contributed by atoms with E-state index in [1.54, 1.807) is 13.1 Å². The van der Waals surface area contributed by atoms with E-state index >= 15 is 0 Å². The van der Waals surface area contributed by atoms with Crippen LogP contribution in [0.1, 0.15) is 24.1 Å². The minimum absolute atomic E-state index is 0.00474. The molecule has 7 heteroatoms. The Labute approximate surface area is 140 Å². The predicted molar refractivity (Wildman–Crippen MR) is 87.3 cm³/mol. The van der Waals surface area contributed by atoms with Crippen LogP contribution in [0.2, 0.25) is 0 Å². The van der Waals surface area contributed by atoms with Crippen molar-refractivity contribution in [3.05, 3.63) is 53.9 Å². The fraction of sp³-hybridized carbons (Fsp3) is 0.353. The van der Waals surface area contributed by atoms with Crippen LogP contribution in [0, 0.1) is 0 Å². The summed E-state index contributed by atoms with van der Waals surface area (Å²) in [5, 5.41) is 15.6. The maximum Gasteiger partial charge on any atom is 0.317 e. The van der Waals surface area contributed by atoms with Gasteiger partial charge in [0, 0.05) is 25.6 Å². The van der Waals surface area contributed by atoms with E-state index in [2.05, 4.69) is 10.5 Å². The largest absolute Gasteiger partial charge is 0.481 e. The SMILES string of the molecule is CN(Cc1ccon1)C(=O)NC(CCC(=O)O)Cc1ccccc1. The van der Waals surface area contributed by atoms with Gasteiger partial charge in [0.2, 0.25) is 0 Å². The number of nitrogens with zero attached hydrogens (tertiary/aromatic N) is 2. The molecule has 2 rings (SSSR count). The Balaban J connectivity index is 1.95. The first-order chi connectivity index (χ1) is 11.5. The fourth-order valence-corrected chi connectivity index (χ4v) is 2.34. The van der Waals surface area contributed by atoms with Crippen molar-refractivity contribution >= 4 is 12.0 Å². The number of carbonyl (C=O) groups excluding carboxylic acids is 1. The van der Waals surface area contributed by atoms with E-state index in [4.69, 9.17) is 9.63 Å². The molecule has 7 nitrogen and oxygen atoms in total. The molecule has 2 N–H and O–H groups in total. The van der Waals surface area contributed by atoms with E-state index in [-0.39, 0.29) is 18.5 Å². The van der Waals surface area contributed by atoms with Crippen molar-refractivity contribution in [3.8, 4) is 0 Å². The number of hydrogen-bond donors (Lipinski definition) is 2. The maximum absolute atomic E-state index is 12.3. The lowest BCUT2D eigenvalue weighted by Crippen LogP contribution is -2.44. The quantitative estimate of drug-likeness (QED) is 0.774. The highest BCUT2D eigenvalue weighted by Crippen LogP contribution is 2.09. The molecule has 128 valence electrons. The monoisotopic (exact) mass is 331 g/mol. The van der Waals surface area contributed by atoms with Crippen LogP contribution < -0.4 is 5.32 Å². The van der Waals surface area contributed by atoms with E-state index in [1.165, 1.54) is 11.2 Å². The third-order valence-corrected chi connectivity index (χ3v) is 3.60. The topological polar surface area (TPSA) is 95.7 Å². The number of urea groups is 1. The summed E-state index contributed by atoms with van der Waals surface area (Å²) < 4.78 is 4.75. The van der Waals surface area contributed by atoms with Crippen molar-refractivity contribution in [1.82, 2.24) is 15.4 Å². The minimum Gasteiger partial charge on any atom is -0.481 e. The van der Waals surface area contributed by atoms with Crippen LogP contribution in [0.5, 0.6) is 0 Å². The first kappa shape index (κ1) is 17.5. The number of rotatable bonds is 8. The number of aromatic nitrogens is 1. The minimum atomic E-state index is -0.877. The van der Waals surface area contributed by atoms with Crippen molar-refractivity contribution in [2.24, 2.45) is 0 Å². The number of hydrogen-bond acceptors (Lipinski definition) is 4. The Morgan fingerprint density at radius 2 is 2.04 bits per heavy atom. The normalized spacial score (nSPS) is 11.7. The smallest absolute Gasteiger partial charge is 0.317 e. The van der Waals surface area contributed by atoms with Gasteiger partial charge < -0.3 is 19.8 Å². The first-order valence-electron chi connectivity index (χ1n) is 7.71. The highest BCUT2D eigenvalue weighted by Gasteiger charge is 2.18. The van der Waals surface area contributed by atoms with Gasteiger partial charge in [-0.05, 0) is 18.4 Å². The summed E-state index contributed by atoms with van der Waals surface area (Å²) >= 11 is 0. The number of carboxylic acids is 1. The van der Waals surface area contributed by atoms with E-state index in [1.807, 2.05) is 30.3 Å². The summed E-state index contributed by atoms with van der Waals surface area (Å²) in [6, 6.07) is 10.8. The second-order valence-corrected chi connectivity index (χ2v) is 5.62. The molecule has 0 saturated heterocycles. The Hall–Kier alpha value is -2.83. The van der Waals surface area contributed by atoms with Crippen molar-refractivity contribution in [2.75, 3.05) is 7.05 Å². The van der Waals surface area contributed by atoms with Gasteiger partial charge in [0.1, 0.15) is 12.0 Å². The van der Waals surface area contributed by atoms with Gasteiger partial charge in [0.25, 0.3) is 0 Å². The number of carboxylic acid groups (broad SMARTS) is 1. The Kier molecular flexibility index (Phi) is 6.36. The molecule has 0 aliphatic heterocycles. The molecule has 1 aromatic heterocycles. The fourth-order valence-electron chi connectivity index (χ4n) is 2.34. The molecule has 0 bridgehead atoms. The van der Waals surface area contributed by atoms with Gasteiger partial charge >= 0.3 is 12.0 Å². The van der Waals surface area contributed by atoms with Crippen LogP contribution in [-0.2, 0) is 17.8 Å². The van der Waals surface area contributed by atoms with Crippen molar-refractivity contribution in [3.63, 3.8) is 0 Å². The Morgan fingerprint density at radius 3 is 2.67 bits per heavy atom. The van der Waals surface area contributed by atoms with Gasteiger partial charge in [-0.1, -0.05) is 35.5 Å². The molecule has 1 aromatic carbocycles. The summed E-state index contributed by atoms with van der Waals surface area (Å²) in [6.45, 7) is 0.319. The average molecular weight is 331 g/mol. The summed E-state index contributed by atoms with van der Waals surface area (Å²) in [5.41, 5.74) is 1.70. The Morgan fingerprint density at radius 1 is 1.29 bits per heavy atom. The summed E-state index contributed by atoms with van der Waals surface area (Å²) in [6.07, 6.45) is 2.41. The van der Waals surface area contributed by atoms with Crippen LogP contribution in [-0.4, -0.2) is 40.3 Å². The lowest BCUT2D eigenvalue weighted by atomic mass is 10.0. The van der Waals surface area contributed by atoms with Crippen LogP contribution >= 0.6 is 0 Å². The molecule has 0 saturated carbocycles. The maximum atomic E-state index is 12.3. The van der Waals surface area contributed by atoms with Gasteiger partial charge in [-0.3, -0.25) is 4.79 Å². The average Bonchev–Trinajstić information content (AvgIpc) is 3.06. The number of amides is 2. The predicted octanol–water partition coefficient (Wildman–Crippen LogP) is 2.29. The zero-order chi connectivity index (χ0) is 17.4. The van der Waals surface area contributed by atoms with E-state index in [0.717, 1.165) is 5.56 Å². The number of benzene rings is 1. The molecular weight excluding hydrogens is 310 g/mol. The standard InChI is InChI=1S/C17H21N3O4/c1-20(12-15-9-10-24-19-15)17(23)18-14(7-8-16(21)22)11-13-5-3-2-4-6-13/h2-6,9-10,14H,7-8,11-12H2,1H3,(H,18,23)(H,21,22). The highest BCUT2D eigenvalue weighted by atomic mass is 16.5. The molecule has 2 amide bonds. The van der Waals surface area contributed by atoms with Crippen LogP contribution in [0.25, 0.3) is 0 Å². The summed E-state index contributed by atoms with van der Waals surface area (Å²) in [4.78, 5) is 24.7. The van der Waals surface area contributed by atoms with Crippen molar-refractivity contribution in [2.45, 2.75) is 31.8 Å². The summed E-state index contributed by atoms with van der Waals surface area (Å²) in [5.74, 6) is -0.877. The number of aliphatic carboxylic acids is 1. The molecule has 1 unspecified atom stereocenters. The van der Waals surface area contributed by atoms with Gasteiger partial charge in [-0.2, -0.15) is 0 Å². The van der Waals surface area contributed by atoms with E-state index in [9.17, 15) is 9.59 Å². The molecule has 2 aromatic rings. The number of nitrogens with one attached hydrogen (secondary N) is 1. The lowest BCUT2D eigenvalue weighted by Gasteiger charge is -2.23. The number of carbonyl (C=O) groups is 2. The van der Waals surface area contributed by atoms with Gasteiger partial charge in [-0.15, -0.1) is 0 Å². The molecule has 0 aliphatic rings. The zero-order valence-corrected chi connectivity index (χ0v) is 13.5. The molecule has 0 fully saturated rings. The van der Waals surface area contributed by atoms with Crippen molar-refractivity contribution < 1.29 is 19.2 Å². The lowest BCUT2D eigenvalue weighted by molar-refractivity contribution is -0.137. The van der Waals surface area contributed by atoms with Gasteiger partial charge in [-0.25, -0.2) is 4.79 Å². The highest BCUT2D eigenvalue weighted by molar-refractivity contribution is 5.74. The molecule has 1 atom stereocenters. The van der Waals surface area contributed by atoms with Gasteiger partial charge in [0.15, 0.2) is 0 Å². The molecule has 0 aliphatic carbocycles. The van der Waals surface area contributed by atoms with Gasteiger partial charge in [0.05, 0.1) is 6.54 Å². The second-order valence-electron chi connectivity index (χ2n) is 5.62. The summed E-state index contributed by atoms with van der Waals surface area (Å²) in [7, 11) is 1.65. The van der Waals surface area contributed by atoms with Crippen LogP contribution in [0.3, 0.4) is 0 Å². The van der Waals surface area contributed by atoms with E-state index < -0.39 is 5.97 Å². The molecule has 24 heavy (non-hydrogen) atoms. The third kappa shape index (κ3) is 5.75. The molecule has 0 radical (unpaired) electrons. The van der Waals surface area contributed by atoms with Crippen LogP contribution in [0.15, 0.2) is 47.2 Å². The molecule has 1 heterocycles. The van der Waals surface area contributed by atoms with E-state index in [0.29, 0.717) is 25.1 Å². The zero-order valence-electron chi connectivity index (χ0n) is 13.5. The van der Waals surface area contributed by atoms with Crippen molar-refractivity contribution in [1.29, 1.82) is 0 Å². The molecule has 0 spiro atoms. The molecular formula is C17H21N3O4. The third-order valence-electron chi connectivity index (χ3n) is 3.60. The van der Waals surface area contributed by atoms with Crippen LogP contribution in [0.4, 0.5) is 4.79 Å².